The van der Waals surface area contributed by atoms with Crippen molar-refractivity contribution in [3.8, 4) is 5.69 Å². The Morgan fingerprint density at radius 3 is 2.72 bits per heavy atom. The third kappa shape index (κ3) is 4.27. The predicted molar refractivity (Wildman–Crippen MR) is 113 cm³/mol. The molecule has 0 saturated carbocycles. The average molecular weight is 396 g/mol. The number of ether oxygens (including phenoxy) is 2. The zero-order chi connectivity index (χ0) is 20.4. The summed E-state index contributed by atoms with van der Waals surface area (Å²) in [5.41, 5.74) is 3.02. The van der Waals surface area contributed by atoms with E-state index in [-0.39, 0.29) is 17.1 Å². The van der Waals surface area contributed by atoms with Gasteiger partial charge in [0, 0.05) is 29.5 Å². The summed E-state index contributed by atoms with van der Waals surface area (Å²) >= 11 is 0. The number of benzene rings is 1. The summed E-state index contributed by atoms with van der Waals surface area (Å²) in [5, 5.41) is 9.15. The van der Waals surface area contributed by atoms with Gasteiger partial charge in [-0.2, -0.15) is 5.10 Å². The highest BCUT2D eigenvalue weighted by atomic mass is 16.6. The molecular weight excluding hydrogens is 368 g/mol. The van der Waals surface area contributed by atoms with Crippen molar-refractivity contribution in [2.24, 2.45) is 0 Å². The highest BCUT2D eigenvalue weighted by Gasteiger charge is 2.24. The number of fused-ring (bicyclic) bond motifs is 1. The minimum atomic E-state index is -0.158. The number of hydrogen-bond acceptors (Lipinski definition) is 5. The molecule has 3 heterocycles. The molecule has 1 aliphatic heterocycles. The SMILES string of the molecule is CC(C)(C)c1nn(-c2ccccc2)c2[nH]c(=O)c(CNC[C@H]3COCCO3)cc12. The largest absolute Gasteiger partial charge is 0.376 e. The smallest absolute Gasteiger partial charge is 0.254 e. The molecule has 0 radical (unpaired) electrons. The Hall–Kier alpha value is -2.48. The van der Waals surface area contributed by atoms with Crippen LogP contribution in [0.2, 0.25) is 0 Å². The Morgan fingerprint density at radius 1 is 1.24 bits per heavy atom. The molecule has 3 aromatic rings. The molecule has 1 aliphatic rings. The van der Waals surface area contributed by atoms with E-state index in [4.69, 9.17) is 14.6 Å². The average Bonchev–Trinajstić information content (AvgIpc) is 3.08. The van der Waals surface area contributed by atoms with Crippen molar-refractivity contribution in [3.05, 3.63) is 58.0 Å². The van der Waals surface area contributed by atoms with Gasteiger partial charge < -0.3 is 19.8 Å². The maximum Gasteiger partial charge on any atom is 0.254 e. The summed E-state index contributed by atoms with van der Waals surface area (Å²) in [4.78, 5) is 15.8. The first-order valence-corrected chi connectivity index (χ1v) is 10.0. The zero-order valence-electron chi connectivity index (χ0n) is 17.2. The van der Waals surface area contributed by atoms with Crippen LogP contribution in [0.1, 0.15) is 32.0 Å². The fourth-order valence-electron chi connectivity index (χ4n) is 3.58. The number of nitrogens with zero attached hydrogens (tertiary/aromatic N) is 2. The number of aromatic nitrogens is 3. The Balaban J connectivity index is 1.67. The van der Waals surface area contributed by atoms with Crippen molar-refractivity contribution < 1.29 is 9.47 Å². The molecule has 1 fully saturated rings. The van der Waals surface area contributed by atoms with Gasteiger partial charge in [-0.1, -0.05) is 39.0 Å². The van der Waals surface area contributed by atoms with Crippen molar-refractivity contribution in [2.75, 3.05) is 26.4 Å². The normalized spacial score (nSPS) is 17.7. The second-order valence-electron chi connectivity index (χ2n) is 8.43. The van der Waals surface area contributed by atoms with Crippen LogP contribution in [0.3, 0.4) is 0 Å². The standard InChI is InChI=1S/C22H28N4O3/c1-22(2,3)19-18-11-15(12-23-13-17-14-28-9-10-29-17)21(27)24-20(18)26(25-19)16-7-5-4-6-8-16/h4-8,11,17,23H,9-10,12-14H2,1-3H3,(H,24,27)/t17-/m0/s1. The van der Waals surface area contributed by atoms with Gasteiger partial charge in [0.15, 0.2) is 0 Å². The molecule has 154 valence electrons. The molecule has 1 saturated heterocycles. The Bertz CT molecular complexity index is 1030. The van der Waals surface area contributed by atoms with Gasteiger partial charge >= 0.3 is 0 Å². The van der Waals surface area contributed by atoms with Gasteiger partial charge in [-0.15, -0.1) is 0 Å². The van der Waals surface area contributed by atoms with Crippen LogP contribution < -0.4 is 10.9 Å². The van der Waals surface area contributed by atoms with Gasteiger partial charge in [0.05, 0.1) is 37.3 Å². The van der Waals surface area contributed by atoms with E-state index < -0.39 is 0 Å². The molecule has 29 heavy (non-hydrogen) atoms. The van der Waals surface area contributed by atoms with E-state index >= 15 is 0 Å². The fourth-order valence-corrected chi connectivity index (χ4v) is 3.58. The van der Waals surface area contributed by atoms with E-state index in [0.717, 1.165) is 22.4 Å². The third-order valence-corrected chi connectivity index (χ3v) is 5.05. The second kappa shape index (κ2) is 8.10. The van der Waals surface area contributed by atoms with Crippen LogP contribution in [0.15, 0.2) is 41.2 Å². The van der Waals surface area contributed by atoms with Crippen LogP contribution in [0.4, 0.5) is 0 Å². The lowest BCUT2D eigenvalue weighted by molar-refractivity contribution is -0.0864. The van der Waals surface area contributed by atoms with Crippen molar-refractivity contribution in [3.63, 3.8) is 0 Å². The minimum Gasteiger partial charge on any atom is -0.376 e. The lowest BCUT2D eigenvalue weighted by Gasteiger charge is -2.23. The van der Waals surface area contributed by atoms with Gasteiger partial charge in [-0.05, 0) is 18.2 Å². The van der Waals surface area contributed by atoms with Crippen LogP contribution in [0.5, 0.6) is 0 Å². The number of nitrogens with one attached hydrogen (secondary N) is 2. The molecular formula is C22H28N4O3. The summed E-state index contributed by atoms with van der Waals surface area (Å²) in [5.74, 6) is 0. The molecule has 0 amide bonds. The predicted octanol–water partition coefficient (Wildman–Crippen LogP) is 2.52. The lowest BCUT2D eigenvalue weighted by Crippen LogP contribution is -2.37. The van der Waals surface area contributed by atoms with Crippen molar-refractivity contribution in [1.29, 1.82) is 0 Å². The fraction of sp³-hybridized carbons (Fsp3) is 0.455. The first-order chi connectivity index (χ1) is 13.9. The molecule has 0 aliphatic carbocycles. The van der Waals surface area contributed by atoms with Crippen molar-refractivity contribution in [2.45, 2.75) is 38.8 Å². The van der Waals surface area contributed by atoms with E-state index in [1.54, 1.807) is 0 Å². The number of H-pyrrole nitrogens is 1. The minimum absolute atomic E-state index is 0.0255. The summed E-state index contributed by atoms with van der Waals surface area (Å²) in [6.45, 7) is 9.35. The number of para-hydroxylation sites is 1. The summed E-state index contributed by atoms with van der Waals surface area (Å²) in [6.07, 6.45) is 0.0255. The molecule has 7 heteroatoms. The van der Waals surface area contributed by atoms with Crippen molar-refractivity contribution in [1.82, 2.24) is 20.1 Å². The molecule has 0 spiro atoms. The van der Waals surface area contributed by atoms with Gasteiger partial charge in [-0.25, -0.2) is 4.68 Å². The summed E-state index contributed by atoms with van der Waals surface area (Å²) in [6, 6.07) is 11.8. The highest BCUT2D eigenvalue weighted by Crippen LogP contribution is 2.29. The number of pyridine rings is 1. The van der Waals surface area contributed by atoms with E-state index in [0.29, 0.717) is 38.5 Å². The highest BCUT2D eigenvalue weighted by molar-refractivity contribution is 5.81. The van der Waals surface area contributed by atoms with Gasteiger partial charge in [-0.3, -0.25) is 4.79 Å². The Kier molecular flexibility index (Phi) is 5.54. The van der Waals surface area contributed by atoms with Gasteiger partial charge in [0.25, 0.3) is 5.56 Å². The molecule has 0 unspecified atom stereocenters. The van der Waals surface area contributed by atoms with Gasteiger partial charge in [0.2, 0.25) is 0 Å². The third-order valence-electron chi connectivity index (χ3n) is 5.05. The lowest BCUT2D eigenvalue weighted by atomic mass is 9.90. The van der Waals surface area contributed by atoms with Crippen LogP contribution in [0.25, 0.3) is 16.7 Å². The van der Waals surface area contributed by atoms with Crippen molar-refractivity contribution >= 4 is 11.0 Å². The van der Waals surface area contributed by atoms with Crippen LogP contribution >= 0.6 is 0 Å². The first kappa shape index (κ1) is 19.8. The van der Waals surface area contributed by atoms with Crippen LogP contribution in [-0.2, 0) is 21.4 Å². The topological polar surface area (TPSA) is 81.2 Å². The van der Waals surface area contributed by atoms with E-state index in [2.05, 4.69) is 31.1 Å². The molecule has 2 aromatic heterocycles. The summed E-state index contributed by atoms with van der Waals surface area (Å²) < 4.78 is 12.9. The van der Waals surface area contributed by atoms with E-state index in [9.17, 15) is 4.79 Å². The maximum atomic E-state index is 12.8. The number of rotatable bonds is 5. The van der Waals surface area contributed by atoms with E-state index in [1.165, 1.54) is 0 Å². The van der Waals surface area contributed by atoms with E-state index in [1.807, 2.05) is 41.1 Å². The monoisotopic (exact) mass is 396 g/mol. The molecule has 2 N–H and O–H groups in total. The Morgan fingerprint density at radius 2 is 2.03 bits per heavy atom. The molecule has 4 rings (SSSR count). The van der Waals surface area contributed by atoms with Gasteiger partial charge in [0.1, 0.15) is 5.65 Å². The van der Waals surface area contributed by atoms with Crippen LogP contribution in [0, 0.1) is 0 Å². The zero-order valence-corrected chi connectivity index (χ0v) is 17.2. The number of hydrogen-bond donors (Lipinski definition) is 2. The maximum absolute atomic E-state index is 12.8. The molecule has 1 atom stereocenters. The second-order valence-corrected chi connectivity index (χ2v) is 8.43. The number of aromatic amines is 1. The Labute approximate surface area is 170 Å². The molecule has 7 nitrogen and oxygen atoms in total. The summed E-state index contributed by atoms with van der Waals surface area (Å²) in [7, 11) is 0. The molecule has 0 bridgehead atoms. The van der Waals surface area contributed by atoms with Crippen LogP contribution in [-0.4, -0.2) is 47.2 Å². The first-order valence-electron chi connectivity index (χ1n) is 10.0. The quantitative estimate of drug-likeness (QED) is 0.693. The molecule has 1 aromatic carbocycles.